The van der Waals surface area contributed by atoms with Crippen molar-refractivity contribution in [1.29, 1.82) is 0 Å². The average molecular weight is 1370 g/mol. The first kappa shape index (κ1) is 91.1. The van der Waals surface area contributed by atoms with E-state index in [1.54, 1.807) is 0 Å². The highest BCUT2D eigenvalue weighted by Crippen LogP contribution is 2.45. The molecule has 93 heavy (non-hydrogen) atoms. The molecule has 19 heteroatoms. The summed E-state index contributed by atoms with van der Waals surface area (Å²) in [7, 11) is -9.91. The first-order chi connectivity index (χ1) is 44.7. The number of aliphatic hydroxyl groups is 1. The second kappa shape index (κ2) is 63.5. The van der Waals surface area contributed by atoms with Gasteiger partial charge in [0.2, 0.25) is 0 Å². The summed E-state index contributed by atoms with van der Waals surface area (Å²) < 4.78 is 68.4. The molecular formula is C74H144O17P2. The Balaban J connectivity index is 5.19. The lowest BCUT2D eigenvalue weighted by atomic mass is 9.99. The van der Waals surface area contributed by atoms with Crippen LogP contribution in [0.5, 0.6) is 0 Å². The third kappa shape index (κ3) is 65.8. The zero-order valence-corrected chi connectivity index (χ0v) is 62.7. The lowest BCUT2D eigenvalue weighted by Gasteiger charge is -2.21. The number of unbranched alkanes of at least 4 members (excludes halogenated alkanes) is 35. The smallest absolute Gasteiger partial charge is 0.462 e. The quantitative estimate of drug-likeness (QED) is 0.0222. The molecule has 0 aromatic rings. The zero-order chi connectivity index (χ0) is 68.9. The largest absolute Gasteiger partial charge is 0.472 e. The molecule has 0 fully saturated rings. The van der Waals surface area contributed by atoms with Gasteiger partial charge in [-0.25, -0.2) is 9.13 Å². The fraction of sp³-hybridized carbons (Fsp3) is 0.946. The summed E-state index contributed by atoms with van der Waals surface area (Å²) in [5.74, 6) is 0.894. The van der Waals surface area contributed by atoms with Crippen LogP contribution in [0, 0.1) is 23.7 Å². The predicted octanol–water partition coefficient (Wildman–Crippen LogP) is 21.3. The molecule has 7 atom stereocenters. The van der Waals surface area contributed by atoms with Crippen LogP contribution >= 0.6 is 15.6 Å². The maximum Gasteiger partial charge on any atom is 0.472 e. The fourth-order valence-corrected chi connectivity index (χ4v) is 12.7. The van der Waals surface area contributed by atoms with Gasteiger partial charge in [-0.1, -0.05) is 319 Å². The van der Waals surface area contributed by atoms with E-state index < -0.39 is 97.5 Å². The summed E-state index contributed by atoms with van der Waals surface area (Å²) in [5, 5.41) is 10.6. The van der Waals surface area contributed by atoms with Crippen LogP contribution in [0.3, 0.4) is 0 Å². The van der Waals surface area contributed by atoms with E-state index in [9.17, 15) is 43.2 Å². The summed E-state index contributed by atoms with van der Waals surface area (Å²) in [6.07, 6.45) is 47.4. The van der Waals surface area contributed by atoms with E-state index in [4.69, 9.17) is 37.0 Å². The van der Waals surface area contributed by atoms with Gasteiger partial charge in [0.25, 0.3) is 0 Å². The van der Waals surface area contributed by atoms with Crippen LogP contribution < -0.4 is 0 Å². The molecule has 5 unspecified atom stereocenters. The van der Waals surface area contributed by atoms with Crippen molar-refractivity contribution in [3.8, 4) is 0 Å². The third-order valence-electron chi connectivity index (χ3n) is 17.8. The van der Waals surface area contributed by atoms with Crippen molar-refractivity contribution in [2.24, 2.45) is 23.7 Å². The molecule has 0 spiro atoms. The molecule has 0 aliphatic heterocycles. The molecular weight excluding hydrogens is 1220 g/mol. The van der Waals surface area contributed by atoms with Crippen LogP contribution in [0.4, 0.5) is 0 Å². The molecule has 0 radical (unpaired) electrons. The van der Waals surface area contributed by atoms with Crippen LogP contribution in [0.1, 0.15) is 370 Å². The van der Waals surface area contributed by atoms with Gasteiger partial charge in [-0.2, -0.15) is 0 Å². The number of esters is 4. The summed E-state index contributed by atoms with van der Waals surface area (Å²) in [6.45, 7) is 14.1. The monoisotopic (exact) mass is 1370 g/mol. The molecule has 0 aliphatic carbocycles. The van der Waals surface area contributed by atoms with Crippen molar-refractivity contribution in [3.05, 3.63) is 0 Å². The van der Waals surface area contributed by atoms with E-state index in [0.29, 0.717) is 31.6 Å². The van der Waals surface area contributed by atoms with Crippen LogP contribution in [-0.4, -0.2) is 96.7 Å². The first-order valence-electron chi connectivity index (χ1n) is 38.3. The minimum atomic E-state index is -4.96. The molecule has 0 bridgehead atoms. The summed E-state index contributed by atoms with van der Waals surface area (Å²) in [5.41, 5.74) is 0. The Hall–Kier alpha value is -1.94. The van der Waals surface area contributed by atoms with E-state index >= 15 is 0 Å². The number of aliphatic hydroxyl groups excluding tert-OH is 1. The van der Waals surface area contributed by atoms with Gasteiger partial charge < -0.3 is 33.8 Å². The second-order valence-corrected chi connectivity index (χ2v) is 31.0. The Labute approximate surface area is 568 Å². The minimum absolute atomic E-state index is 0.102. The maximum atomic E-state index is 13.1. The SMILES string of the molecule is CCC(C)CCCCCCCCCCC(=O)OC[C@H](COP(=O)(O)OCC(O)COP(=O)(O)OC[C@@H](COC(=O)CCCCCCCCCC(C)C)OC(=O)CCCCCCCCC(C)CC)OC(=O)CCCCCCCCCCCCCCCCCCCCC(C)C. The number of ether oxygens (including phenoxy) is 4. The number of phosphoric ester groups is 2. The molecule has 3 N–H and O–H groups in total. The van der Waals surface area contributed by atoms with Gasteiger partial charge in [0.05, 0.1) is 26.4 Å². The highest BCUT2D eigenvalue weighted by atomic mass is 31.2. The molecule has 17 nitrogen and oxygen atoms in total. The summed E-state index contributed by atoms with van der Waals surface area (Å²) in [4.78, 5) is 72.6. The number of carbonyl (C=O) groups excluding carboxylic acids is 4. The first-order valence-corrected chi connectivity index (χ1v) is 41.3. The Morgan fingerprint density at radius 2 is 0.516 bits per heavy atom. The van der Waals surface area contributed by atoms with Crippen LogP contribution in [0.25, 0.3) is 0 Å². The number of carbonyl (C=O) groups is 4. The number of hydrogen-bond donors (Lipinski definition) is 3. The van der Waals surface area contributed by atoms with Gasteiger partial charge in [0.1, 0.15) is 19.3 Å². The molecule has 0 heterocycles. The highest BCUT2D eigenvalue weighted by Gasteiger charge is 2.30. The standard InChI is InChI=1S/C74H144O17P2/c1-9-66(7)52-44-36-28-23-24-29-38-46-54-71(76)84-60-69(90-73(78)56-48-40-30-22-20-18-16-14-12-11-13-15-17-19-21-26-34-42-50-64(3)4)62-88-92(80,81)86-58-68(75)59-87-93(82,83)89-63-70(91-74(79)57-49-41-33-32-37-45-53-67(8)10-2)61-85-72(77)55-47-39-31-25-27-35-43-51-65(5)6/h64-70,75H,9-63H2,1-8H3,(H,80,81)(H,82,83)/t66?,67?,68?,69-,70-/m1/s1. The molecule has 0 saturated carbocycles. The van der Waals surface area contributed by atoms with Crippen molar-refractivity contribution in [3.63, 3.8) is 0 Å². The molecule has 0 saturated heterocycles. The Kier molecular flexibility index (Phi) is 62.2. The van der Waals surface area contributed by atoms with Gasteiger partial charge in [-0.05, 0) is 49.4 Å². The maximum absolute atomic E-state index is 13.1. The molecule has 0 rings (SSSR count). The predicted molar refractivity (Wildman–Crippen MR) is 377 cm³/mol. The van der Waals surface area contributed by atoms with Gasteiger partial charge >= 0.3 is 39.5 Å². The van der Waals surface area contributed by atoms with Crippen LogP contribution in [0.2, 0.25) is 0 Å². The third-order valence-corrected chi connectivity index (χ3v) is 19.7. The van der Waals surface area contributed by atoms with Crippen molar-refractivity contribution >= 4 is 39.5 Å². The van der Waals surface area contributed by atoms with Crippen molar-refractivity contribution in [1.82, 2.24) is 0 Å². The van der Waals surface area contributed by atoms with Gasteiger partial charge in [0, 0.05) is 25.7 Å². The minimum Gasteiger partial charge on any atom is -0.462 e. The van der Waals surface area contributed by atoms with Gasteiger partial charge in [-0.3, -0.25) is 37.3 Å². The van der Waals surface area contributed by atoms with Crippen molar-refractivity contribution in [2.75, 3.05) is 39.6 Å². The van der Waals surface area contributed by atoms with Crippen LogP contribution in [0.15, 0.2) is 0 Å². The second-order valence-electron chi connectivity index (χ2n) is 28.1. The Morgan fingerprint density at radius 1 is 0.301 bits per heavy atom. The van der Waals surface area contributed by atoms with E-state index in [0.717, 1.165) is 114 Å². The average Bonchev–Trinajstić information content (AvgIpc) is 2.49. The molecule has 0 aromatic heterocycles. The fourth-order valence-electron chi connectivity index (χ4n) is 11.1. The molecule has 552 valence electrons. The topological polar surface area (TPSA) is 237 Å². The number of phosphoric acid groups is 2. The van der Waals surface area contributed by atoms with Gasteiger partial charge in [0.15, 0.2) is 12.2 Å². The summed E-state index contributed by atoms with van der Waals surface area (Å²) >= 11 is 0. The zero-order valence-electron chi connectivity index (χ0n) is 60.9. The van der Waals surface area contributed by atoms with E-state index in [1.165, 1.54) is 167 Å². The highest BCUT2D eigenvalue weighted by molar-refractivity contribution is 7.47. The normalized spacial score (nSPS) is 14.8. The van der Waals surface area contributed by atoms with E-state index in [1.807, 2.05) is 0 Å². The Morgan fingerprint density at radius 3 is 0.763 bits per heavy atom. The van der Waals surface area contributed by atoms with E-state index in [-0.39, 0.29) is 25.7 Å². The molecule has 0 aromatic carbocycles. The van der Waals surface area contributed by atoms with Gasteiger partial charge in [-0.15, -0.1) is 0 Å². The lowest BCUT2D eigenvalue weighted by molar-refractivity contribution is -0.161. The van der Waals surface area contributed by atoms with Crippen molar-refractivity contribution in [2.45, 2.75) is 388 Å². The summed E-state index contributed by atoms with van der Waals surface area (Å²) in [6, 6.07) is 0. The van der Waals surface area contributed by atoms with E-state index in [2.05, 4.69) is 55.4 Å². The molecule has 0 aliphatic rings. The molecule has 0 amide bonds. The van der Waals surface area contributed by atoms with Crippen molar-refractivity contribution < 1.29 is 80.2 Å². The number of rotatable bonds is 71. The van der Waals surface area contributed by atoms with Crippen LogP contribution in [-0.2, 0) is 65.4 Å². The Bertz CT molecular complexity index is 1840. The lowest BCUT2D eigenvalue weighted by Crippen LogP contribution is -2.30. The number of hydrogen-bond acceptors (Lipinski definition) is 15.